The van der Waals surface area contributed by atoms with Crippen LogP contribution in [0.4, 0.5) is 0 Å². The van der Waals surface area contributed by atoms with E-state index in [1.54, 1.807) is 0 Å². The maximum atomic E-state index is 11.6. The van der Waals surface area contributed by atoms with E-state index >= 15 is 0 Å². The molecule has 6 nitrogen and oxygen atoms in total. The van der Waals surface area contributed by atoms with E-state index in [1.807, 2.05) is 6.92 Å². The molecule has 2 rings (SSSR count). The molecule has 1 heterocycles. The van der Waals surface area contributed by atoms with Crippen LogP contribution in [0.5, 0.6) is 0 Å². The van der Waals surface area contributed by atoms with Crippen LogP contribution in [0.25, 0.3) is 0 Å². The van der Waals surface area contributed by atoms with E-state index in [4.69, 9.17) is 14.0 Å². The van der Waals surface area contributed by atoms with Crippen molar-refractivity contribution >= 4 is 5.78 Å². The molecule has 1 aromatic heterocycles. The number of carbonyl (C=O) groups is 1. The molecule has 1 saturated carbocycles. The van der Waals surface area contributed by atoms with Gasteiger partial charge in [0.05, 0.1) is 6.42 Å². The lowest BCUT2D eigenvalue weighted by atomic mass is 9.93. The van der Waals surface area contributed by atoms with Crippen molar-refractivity contribution in [2.75, 3.05) is 20.3 Å². The van der Waals surface area contributed by atoms with Crippen molar-refractivity contribution in [3.63, 3.8) is 0 Å². The number of Topliss-reactive ketones (excluding diaryl/α,β-unsaturated/α-hetero) is 1. The molecule has 1 aliphatic rings. The fraction of sp³-hybridized carbons (Fsp3) is 0.800. The zero-order chi connectivity index (χ0) is 15.1. The number of carbonyl (C=O) groups excluding carboxylic acids is 1. The monoisotopic (exact) mass is 296 g/mol. The molecular formula is C15H24N2O4. The fourth-order valence-electron chi connectivity index (χ4n) is 2.90. The van der Waals surface area contributed by atoms with E-state index in [0.29, 0.717) is 18.3 Å². The van der Waals surface area contributed by atoms with Crippen LogP contribution < -0.4 is 0 Å². The summed E-state index contributed by atoms with van der Waals surface area (Å²) < 4.78 is 16.0. The maximum absolute atomic E-state index is 11.6. The van der Waals surface area contributed by atoms with E-state index in [9.17, 15) is 4.79 Å². The third kappa shape index (κ3) is 4.11. The Labute approximate surface area is 125 Å². The molecule has 6 heteroatoms. The van der Waals surface area contributed by atoms with Crippen LogP contribution in [0, 0.1) is 0 Å². The summed E-state index contributed by atoms with van der Waals surface area (Å²) in [5.41, 5.74) is -0.447. The first-order valence-corrected chi connectivity index (χ1v) is 7.68. The zero-order valence-electron chi connectivity index (χ0n) is 12.9. The number of methoxy groups -OCH3 is 1. The quantitative estimate of drug-likeness (QED) is 0.719. The predicted octanol–water partition coefficient (Wildman–Crippen LogP) is 2.41. The Morgan fingerprint density at radius 2 is 2.00 bits per heavy atom. The number of ether oxygens (including phenoxy) is 2. The van der Waals surface area contributed by atoms with Gasteiger partial charge in [-0.05, 0) is 19.8 Å². The summed E-state index contributed by atoms with van der Waals surface area (Å²) in [5.74, 6) is 0.862. The lowest BCUT2D eigenvalue weighted by Gasteiger charge is -2.29. The van der Waals surface area contributed by atoms with Crippen molar-refractivity contribution in [2.24, 2.45) is 0 Å². The standard InChI is InChI=1S/C15H24N2O4/c1-3-20-15(8-6-4-5-7-9-15)14-16-13(21-17-14)10-12(18)11-19-2/h3-11H2,1-2H3. The highest BCUT2D eigenvalue weighted by Gasteiger charge is 2.38. The van der Waals surface area contributed by atoms with Crippen LogP contribution in [-0.2, 0) is 26.3 Å². The average Bonchev–Trinajstić information content (AvgIpc) is 2.79. The van der Waals surface area contributed by atoms with E-state index in [-0.39, 0.29) is 18.8 Å². The maximum Gasteiger partial charge on any atom is 0.234 e. The Kier molecular flexibility index (Phi) is 5.87. The zero-order valence-corrected chi connectivity index (χ0v) is 12.9. The third-order valence-electron chi connectivity index (χ3n) is 3.86. The van der Waals surface area contributed by atoms with Gasteiger partial charge in [-0.25, -0.2) is 0 Å². The molecule has 1 aromatic rings. The first-order chi connectivity index (χ1) is 10.2. The van der Waals surface area contributed by atoms with E-state index < -0.39 is 5.60 Å². The Morgan fingerprint density at radius 3 is 2.62 bits per heavy atom. The normalized spacial score (nSPS) is 18.4. The summed E-state index contributed by atoms with van der Waals surface area (Å²) in [5, 5.41) is 4.08. The summed E-state index contributed by atoms with van der Waals surface area (Å²) in [6, 6.07) is 0. The molecule has 21 heavy (non-hydrogen) atoms. The van der Waals surface area contributed by atoms with Crippen LogP contribution in [0.1, 0.15) is 57.2 Å². The SMILES string of the molecule is CCOC1(c2noc(CC(=O)COC)n2)CCCCCC1. The molecule has 0 unspecified atom stereocenters. The number of hydrogen-bond donors (Lipinski definition) is 0. The van der Waals surface area contributed by atoms with Gasteiger partial charge < -0.3 is 14.0 Å². The largest absolute Gasteiger partial charge is 0.377 e. The molecular weight excluding hydrogens is 272 g/mol. The molecule has 0 saturated heterocycles. The summed E-state index contributed by atoms with van der Waals surface area (Å²) >= 11 is 0. The van der Waals surface area contributed by atoms with Crippen molar-refractivity contribution in [1.82, 2.24) is 10.1 Å². The van der Waals surface area contributed by atoms with Crippen LogP contribution in [-0.4, -0.2) is 36.2 Å². The Balaban J connectivity index is 2.13. The highest BCUT2D eigenvalue weighted by atomic mass is 16.5. The molecule has 0 aromatic carbocycles. The molecule has 0 amide bonds. The van der Waals surface area contributed by atoms with E-state index in [0.717, 1.165) is 25.7 Å². The van der Waals surface area contributed by atoms with Gasteiger partial charge in [0.25, 0.3) is 0 Å². The highest BCUT2D eigenvalue weighted by molar-refractivity contribution is 5.81. The van der Waals surface area contributed by atoms with Gasteiger partial charge in [0, 0.05) is 13.7 Å². The van der Waals surface area contributed by atoms with E-state index in [2.05, 4.69) is 10.1 Å². The van der Waals surface area contributed by atoms with Gasteiger partial charge >= 0.3 is 0 Å². The molecule has 118 valence electrons. The number of nitrogens with zero attached hydrogens (tertiary/aromatic N) is 2. The summed E-state index contributed by atoms with van der Waals surface area (Å²) in [6.07, 6.45) is 6.57. The second kappa shape index (κ2) is 7.66. The predicted molar refractivity (Wildman–Crippen MR) is 75.9 cm³/mol. The summed E-state index contributed by atoms with van der Waals surface area (Å²) in [4.78, 5) is 16.0. The number of aromatic nitrogens is 2. The molecule has 0 aliphatic heterocycles. The van der Waals surface area contributed by atoms with Crippen molar-refractivity contribution < 1.29 is 18.8 Å². The Morgan fingerprint density at radius 1 is 1.29 bits per heavy atom. The summed E-state index contributed by atoms with van der Waals surface area (Å²) in [7, 11) is 1.49. The number of rotatable bonds is 7. The Hall–Kier alpha value is -1.27. The molecule has 0 N–H and O–H groups in total. The van der Waals surface area contributed by atoms with Gasteiger partial charge in [-0.1, -0.05) is 30.8 Å². The lowest BCUT2D eigenvalue weighted by Crippen LogP contribution is -2.30. The second-order valence-corrected chi connectivity index (χ2v) is 5.50. The second-order valence-electron chi connectivity index (χ2n) is 5.50. The number of ketones is 1. The minimum absolute atomic E-state index is 0.0638. The van der Waals surface area contributed by atoms with Gasteiger partial charge in [-0.15, -0.1) is 0 Å². The van der Waals surface area contributed by atoms with Gasteiger partial charge in [-0.2, -0.15) is 4.98 Å². The lowest BCUT2D eigenvalue weighted by molar-refractivity contribution is -0.122. The molecule has 0 atom stereocenters. The van der Waals surface area contributed by atoms with Crippen molar-refractivity contribution in [2.45, 2.75) is 57.5 Å². The molecule has 1 fully saturated rings. The fourth-order valence-corrected chi connectivity index (χ4v) is 2.90. The Bertz CT molecular complexity index is 450. The first kappa shape index (κ1) is 16.1. The topological polar surface area (TPSA) is 74.5 Å². The number of hydrogen-bond acceptors (Lipinski definition) is 6. The van der Waals surface area contributed by atoms with Crippen LogP contribution >= 0.6 is 0 Å². The van der Waals surface area contributed by atoms with Gasteiger partial charge in [0.15, 0.2) is 5.78 Å². The van der Waals surface area contributed by atoms with Crippen LogP contribution in [0.15, 0.2) is 4.52 Å². The third-order valence-corrected chi connectivity index (χ3v) is 3.86. The van der Waals surface area contributed by atoms with Gasteiger partial charge in [0.1, 0.15) is 12.2 Å². The smallest absolute Gasteiger partial charge is 0.234 e. The highest BCUT2D eigenvalue weighted by Crippen LogP contribution is 2.37. The molecule has 0 spiro atoms. The van der Waals surface area contributed by atoms with Crippen molar-refractivity contribution in [3.8, 4) is 0 Å². The molecule has 1 aliphatic carbocycles. The first-order valence-electron chi connectivity index (χ1n) is 7.68. The summed E-state index contributed by atoms with van der Waals surface area (Å²) in [6.45, 7) is 2.66. The van der Waals surface area contributed by atoms with Crippen LogP contribution in [0.3, 0.4) is 0 Å². The molecule has 0 bridgehead atoms. The van der Waals surface area contributed by atoms with Crippen molar-refractivity contribution in [1.29, 1.82) is 0 Å². The average molecular weight is 296 g/mol. The molecule has 0 radical (unpaired) electrons. The minimum Gasteiger partial charge on any atom is -0.377 e. The van der Waals surface area contributed by atoms with Crippen molar-refractivity contribution in [3.05, 3.63) is 11.7 Å². The minimum atomic E-state index is -0.447. The van der Waals surface area contributed by atoms with Gasteiger partial charge in [-0.3, -0.25) is 4.79 Å². The van der Waals surface area contributed by atoms with Crippen LogP contribution in [0.2, 0.25) is 0 Å². The van der Waals surface area contributed by atoms with Gasteiger partial charge in [0.2, 0.25) is 11.7 Å². The van der Waals surface area contributed by atoms with E-state index in [1.165, 1.54) is 20.0 Å².